The van der Waals surface area contributed by atoms with Crippen molar-refractivity contribution < 1.29 is 5.11 Å². The largest absolute Gasteiger partial charge is 0.374 e. The Bertz CT molecular complexity index is 1600. The lowest BCUT2D eigenvalue weighted by atomic mass is 9.82. The Morgan fingerprint density at radius 3 is 2.36 bits per heavy atom. The molecule has 5 aromatic rings. The molecular weight excluding hydrogens is 493 g/mol. The minimum atomic E-state index is -1.57. The first-order valence-electron chi connectivity index (χ1n) is 11.5. The number of aryl methyl sites for hydroxylation is 4. The molecule has 36 heavy (non-hydrogen) atoms. The normalized spacial score (nSPS) is 13.2. The molecule has 2 aromatic carbocycles. The summed E-state index contributed by atoms with van der Waals surface area (Å²) in [7, 11) is 1.75. The molecule has 5 rings (SSSR count). The van der Waals surface area contributed by atoms with Crippen molar-refractivity contribution in [3.63, 3.8) is 0 Å². The van der Waals surface area contributed by atoms with Crippen LogP contribution in [0.25, 0.3) is 10.9 Å². The molecule has 3 heterocycles. The van der Waals surface area contributed by atoms with Gasteiger partial charge in [0.25, 0.3) is 0 Å². The van der Waals surface area contributed by atoms with E-state index < -0.39 is 5.60 Å². The molecule has 1 atom stereocenters. The Balaban J connectivity index is 1.72. The zero-order valence-electron chi connectivity index (χ0n) is 20.4. The van der Waals surface area contributed by atoms with Gasteiger partial charge in [-0.2, -0.15) is 0 Å². The van der Waals surface area contributed by atoms with Crippen molar-refractivity contribution in [2.24, 2.45) is 7.05 Å². The SMILES string of the molecule is Cc1ccc(Cc2c(Cl)nc3ccc(C(O)(c4ccc(C)nc4C)c4cnnn4C)cc3c2Cl)cc1. The van der Waals surface area contributed by atoms with Crippen molar-refractivity contribution in [1.82, 2.24) is 25.0 Å². The summed E-state index contributed by atoms with van der Waals surface area (Å²) in [6, 6.07) is 17.5. The Morgan fingerprint density at radius 1 is 0.944 bits per heavy atom. The number of benzene rings is 2. The number of fused-ring (bicyclic) bond motifs is 1. The summed E-state index contributed by atoms with van der Waals surface area (Å²) in [4.78, 5) is 9.21. The molecule has 0 radical (unpaired) electrons. The predicted octanol–water partition coefficient (Wildman–Crippen LogP) is 5.87. The van der Waals surface area contributed by atoms with Crippen molar-refractivity contribution >= 4 is 34.1 Å². The van der Waals surface area contributed by atoms with Gasteiger partial charge in [0.2, 0.25) is 0 Å². The maximum atomic E-state index is 12.4. The van der Waals surface area contributed by atoms with E-state index in [0.717, 1.165) is 16.8 Å². The third kappa shape index (κ3) is 4.15. The van der Waals surface area contributed by atoms with Crippen LogP contribution in [0.3, 0.4) is 0 Å². The number of pyridine rings is 2. The van der Waals surface area contributed by atoms with Gasteiger partial charge in [0.1, 0.15) is 5.15 Å². The topological polar surface area (TPSA) is 76.7 Å². The summed E-state index contributed by atoms with van der Waals surface area (Å²) in [6.07, 6.45) is 2.11. The van der Waals surface area contributed by atoms with E-state index in [-0.39, 0.29) is 0 Å². The third-order valence-electron chi connectivity index (χ3n) is 6.58. The van der Waals surface area contributed by atoms with E-state index in [9.17, 15) is 5.11 Å². The van der Waals surface area contributed by atoms with Crippen LogP contribution in [0, 0.1) is 20.8 Å². The molecule has 3 aromatic heterocycles. The summed E-state index contributed by atoms with van der Waals surface area (Å²) in [6.45, 7) is 5.85. The van der Waals surface area contributed by atoms with Gasteiger partial charge >= 0.3 is 0 Å². The maximum Gasteiger partial charge on any atom is 0.160 e. The van der Waals surface area contributed by atoms with Gasteiger partial charge in [-0.1, -0.05) is 70.4 Å². The molecule has 0 saturated heterocycles. The average Bonchev–Trinajstić information content (AvgIpc) is 3.28. The third-order valence-corrected chi connectivity index (χ3v) is 7.33. The summed E-state index contributed by atoms with van der Waals surface area (Å²) < 4.78 is 1.56. The molecule has 0 saturated carbocycles. The lowest BCUT2D eigenvalue weighted by molar-refractivity contribution is 0.115. The quantitative estimate of drug-likeness (QED) is 0.295. The molecule has 0 fully saturated rings. The van der Waals surface area contributed by atoms with Gasteiger partial charge in [-0.05, 0) is 50.1 Å². The van der Waals surface area contributed by atoms with Crippen LogP contribution in [0.1, 0.15) is 44.9 Å². The van der Waals surface area contributed by atoms with E-state index >= 15 is 0 Å². The molecule has 182 valence electrons. The Morgan fingerprint density at radius 2 is 1.69 bits per heavy atom. The lowest BCUT2D eigenvalue weighted by Crippen LogP contribution is -2.32. The van der Waals surface area contributed by atoms with E-state index in [2.05, 4.69) is 44.5 Å². The van der Waals surface area contributed by atoms with Crippen LogP contribution in [-0.4, -0.2) is 30.1 Å². The molecule has 0 bridgehead atoms. The van der Waals surface area contributed by atoms with Gasteiger partial charge in [0, 0.05) is 41.4 Å². The number of nitrogens with zero attached hydrogens (tertiary/aromatic N) is 5. The fourth-order valence-electron chi connectivity index (χ4n) is 4.65. The van der Waals surface area contributed by atoms with E-state index in [1.807, 2.05) is 51.1 Å². The first-order valence-corrected chi connectivity index (χ1v) is 12.3. The second-order valence-electron chi connectivity index (χ2n) is 9.13. The second-order valence-corrected chi connectivity index (χ2v) is 9.86. The van der Waals surface area contributed by atoms with E-state index in [4.69, 9.17) is 23.2 Å². The smallest absolute Gasteiger partial charge is 0.160 e. The van der Waals surface area contributed by atoms with Crippen molar-refractivity contribution in [2.75, 3.05) is 0 Å². The van der Waals surface area contributed by atoms with Crippen LogP contribution in [0.2, 0.25) is 10.2 Å². The van der Waals surface area contributed by atoms with Crippen LogP contribution in [-0.2, 0) is 19.1 Å². The van der Waals surface area contributed by atoms with Crippen LogP contribution < -0.4 is 0 Å². The summed E-state index contributed by atoms with van der Waals surface area (Å²) in [5.74, 6) is 0. The number of aliphatic hydroxyl groups is 1. The number of halogens is 2. The zero-order chi connectivity index (χ0) is 25.6. The van der Waals surface area contributed by atoms with Crippen molar-refractivity contribution in [2.45, 2.75) is 32.8 Å². The van der Waals surface area contributed by atoms with E-state index in [0.29, 0.717) is 50.0 Å². The van der Waals surface area contributed by atoms with Crippen LogP contribution >= 0.6 is 23.2 Å². The number of hydrogen-bond donors (Lipinski definition) is 1. The second kappa shape index (κ2) is 9.28. The average molecular weight is 518 g/mol. The highest BCUT2D eigenvalue weighted by Gasteiger charge is 2.39. The number of rotatable bonds is 5. The standard InChI is InChI=1S/C28H25Cl2N5O/c1-16-5-8-19(9-6-16)13-22-26(29)21-14-20(10-12-24(21)33-27(22)30)28(36,25-15-31-34-35(25)4)23-11-7-17(2)32-18(23)3/h5-12,14-15,36H,13H2,1-4H3. The Labute approximate surface area is 219 Å². The molecule has 1 unspecified atom stereocenters. The minimum absolute atomic E-state index is 0.366. The predicted molar refractivity (Wildman–Crippen MR) is 143 cm³/mol. The monoisotopic (exact) mass is 517 g/mol. The lowest BCUT2D eigenvalue weighted by Gasteiger charge is -2.30. The Hall–Kier alpha value is -3.32. The molecule has 1 N–H and O–H groups in total. The summed E-state index contributed by atoms with van der Waals surface area (Å²) >= 11 is 13.5. The first-order chi connectivity index (χ1) is 17.2. The Kier molecular flexibility index (Phi) is 6.29. The molecule has 8 heteroatoms. The molecular formula is C28H25Cl2N5O. The minimum Gasteiger partial charge on any atom is -0.374 e. The highest BCUT2D eigenvalue weighted by atomic mass is 35.5. The number of aromatic nitrogens is 5. The highest BCUT2D eigenvalue weighted by molar-refractivity contribution is 6.39. The highest BCUT2D eigenvalue weighted by Crippen LogP contribution is 2.40. The zero-order valence-corrected chi connectivity index (χ0v) is 21.9. The van der Waals surface area contributed by atoms with Gasteiger partial charge in [-0.25, -0.2) is 9.67 Å². The fraction of sp³-hybridized carbons (Fsp3) is 0.214. The maximum absolute atomic E-state index is 12.4. The van der Waals surface area contributed by atoms with Gasteiger partial charge in [0.15, 0.2) is 5.60 Å². The molecule has 0 aliphatic carbocycles. The fourth-order valence-corrected chi connectivity index (χ4v) is 5.26. The summed E-state index contributed by atoms with van der Waals surface area (Å²) in [5.41, 5.74) is 5.39. The van der Waals surface area contributed by atoms with Crippen LogP contribution in [0.4, 0.5) is 0 Å². The number of hydrogen-bond acceptors (Lipinski definition) is 5. The molecule has 0 aliphatic heterocycles. The van der Waals surface area contributed by atoms with Gasteiger partial charge in [-0.3, -0.25) is 4.98 Å². The van der Waals surface area contributed by atoms with Crippen molar-refractivity contribution in [1.29, 1.82) is 0 Å². The van der Waals surface area contributed by atoms with Gasteiger partial charge < -0.3 is 5.11 Å². The summed E-state index contributed by atoms with van der Waals surface area (Å²) in [5, 5.41) is 22.0. The molecule has 6 nitrogen and oxygen atoms in total. The van der Waals surface area contributed by atoms with E-state index in [1.165, 1.54) is 5.56 Å². The van der Waals surface area contributed by atoms with Gasteiger partial charge in [-0.15, -0.1) is 5.10 Å². The van der Waals surface area contributed by atoms with Gasteiger partial charge in [0.05, 0.1) is 22.4 Å². The molecule has 0 spiro atoms. The van der Waals surface area contributed by atoms with E-state index in [1.54, 1.807) is 17.9 Å². The molecule has 0 aliphatic rings. The first kappa shape index (κ1) is 24.4. The van der Waals surface area contributed by atoms with Crippen LogP contribution in [0.15, 0.2) is 60.8 Å². The van der Waals surface area contributed by atoms with Crippen molar-refractivity contribution in [3.8, 4) is 0 Å². The van der Waals surface area contributed by atoms with Crippen molar-refractivity contribution in [3.05, 3.63) is 116 Å². The van der Waals surface area contributed by atoms with Crippen LogP contribution in [0.5, 0.6) is 0 Å². The molecule has 0 amide bonds.